The van der Waals surface area contributed by atoms with E-state index in [1.54, 1.807) is 36.3 Å². The van der Waals surface area contributed by atoms with Gasteiger partial charge in [0.2, 0.25) is 0 Å². The molecule has 0 aromatic carbocycles. The lowest BCUT2D eigenvalue weighted by Gasteiger charge is -2.41. The SMILES string of the molecule is CC1(C(=O)Nc2ccnc(=O)[nH]2)CC(=O)N=C2C=CC=CN21. The number of rotatable bonds is 2. The average molecular weight is 299 g/mol. The van der Waals surface area contributed by atoms with Crippen molar-refractivity contribution in [2.45, 2.75) is 18.9 Å². The first-order valence-corrected chi connectivity index (χ1v) is 6.61. The highest BCUT2D eigenvalue weighted by Crippen LogP contribution is 2.28. The molecule has 0 bridgehead atoms. The molecular weight excluding hydrogens is 286 g/mol. The smallest absolute Gasteiger partial charge is 0.317 e. The monoisotopic (exact) mass is 299 g/mol. The average Bonchev–Trinajstić information content (AvgIpc) is 2.47. The number of aromatic amines is 1. The van der Waals surface area contributed by atoms with Gasteiger partial charge in [-0.3, -0.25) is 14.6 Å². The Morgan fingerprint density at radius 1 is 1.41 bits per heavy atom. The Kier molecular flexibility index (Phi) is 3.21. The van der Waals surface area contributed by atoms with Crippen LogP contribution in [0.4, 0.5) is 5.82 Å². The van der Waals surface area contributed by atoms with E-state index in [1.807, 2.05) is 0 Å². The van der Waals surface area contributed by atoms with Crippen LogP contribution in [-0.2, 0) is 9.59 Å². The fourth-order valence-corrected chi connectivity index (χ4v) is 2.38. The van der Waals surface area contributed by atoms with E-state index in [-0.39, 0.29) is 18.1 Å². The molecule has 0 spiro atoms. The van der Waals surface area contributed by atoms with E-state index in [0.29, 0.717) is 5.84 Å². The third-order valence-corrected chi connectivity index (χ3v) is 3.52. The number of hydrogen-bond acceptors (Lipinski definition) is 5. The fraction of sp³-hybridized carbons (Fsp3) is 0.214. The number of amidine groups is 1. The van der Waals surface area contributed by atoms with Crippen LogP contribution in [0.1, 0.15) is 13.3 Å². The second-order valence-corrected chi connectivity index (χ2v) is 5.13. The highest BCUT2D eigenvalue weighted by molar-refractivity contribution is 6.11. The summed E-state index contributed by atoms with van der Waals surface area (Å²) >= 11 is 0. The van der Waals surface area contributed by atoms with E-state index in [1.165, 1.54) is 12.3 Å². The number of aromatic nitrogens is 2. The van der Waals surface area contributed by atoms with E-state index in [2.05, 4.69) is 20.3 Å². The zero-order valence-electron chi connectivity index (χ0n) is 11.7. The molecule has 112 valence electrons. The number of allylic oxidation sites excluding steroid dienone is 2. The molecule has 8 heteroatoms. The lowest BCUT2D eigenvalue weighted by molar-refractivity contribution is -0.130. The number of amides is 2. The van der Waals surface area contributed by atoms with Gasteiger partial charge < -0.3 is 10.2 Å². The van der Waals surface area contributed by atoms with Crippen LogP contribution >= 0.6 is 0 Å². The Hall–Kier alpha value is -3.03. The van der Waals surface area contributed by atoms with E-state index < -0.39 is 17.1 Å². The highest BCUT2D eigenvalue weighted by Gasteiger charge is 2.45. The maximum atomic E-state index is 12.6. The Morgan fingerprint density at radius 2 is 2.23 bits per heavy atom. The molecule has 0 saturated heterocycles. The second kappa shape index (κ2) is 5.06. The van der Waals surface area contributed by atoms with Crippen molar-refractivity contribution in [3.05, 3.63) is 47.2 Å². The second-order valence-electron chi connectivity index (χ2n) is 5.13. The molecule has 2 aliphatic heterocycles. The van der Waals surface area contributed by atoms with Gasteiger partial charge in [-0.15, -0.1) is 0 Å². The summed E-state index contributed by atoms with van der Waals surface area (Å²) < 4.78 is 0. The topological polar surface area (TPSA) is 108 Å². The zero-order chi connectivity index (χ0) is 15.7. The minimum Gasteiger partial charge on any atom is -0.317 e. The van der Waals surface area contributed by atoms with Crippen LogP contribution in [0.5, 0.6) is 0 Å². The van der Waals surface area contributed by atoms with Crippen molar-refractivity contribution in [3.63, 3.8) is 0 Å². The van der Waals surface area contributed by atoms with Crippen LogP contribution < -0.4 is 11.0 Å². The summed E-state index contributed by atoms with van der Waals surface area (Å²) in [6.07, 6.45) is 8.09. The molecule has 1 unspecified atom stereocenters. The van der Waals surface area contributed by atoms with Gasteiger partial charge in [0.25, 0.3) is 11.8 Å². The van der Waals surface area contributed by atoms with Gasteiger partial charge >= 0.3 is 5.69 Å². The Balaban J connectivity index is 1.92. The summed E-state index contributed by atoms with van der Waals surface area (Å²) in [7, 11) is 0. The van der Waals surface area contributed by atoms with Gasteiger partial charge in [0.1, 0.15) is 17.2 Å². The molecule has 0 fully saturated rings. The number of aliphatic imine (C=N–C) groups is 1. The number of nitrogens with zero attached hydrogens (tertiary/aromatic N) is 3. The summed E-state index contributed by atoms with van der Waals surface area (Å²) in [5, 5.41) is 2.61. The van der Waals surface area contributed by atoms with Gasteiger partial charge in [-0.25, -0.2) is 9.78 Å². The number of anilines is 1. The summed E-state index contributed by atoms with van der Waals surface area (Å²) in [5.41, 5.74) is -1.69. The van der Waals surface area contributed by atoms with Crippen molar-refractivity contribution in [2.75, 3.05) is 5.32 Å². The first kappa shape index (κ1) is 13.9. The van der Waals surface area contributed by atoms with Crippen molar-refractivity contribution < 1.29 is 9.59 Å². The quantitative estimate of drug-likeness (QED) is 0.810. The van der Waals surface area contributed by atoms with Crippen LogP contribution in [0.25, 0.3) is 0 Å². The Bertz CT molecular complexity index is 792. The summed E-state index contributed by atoms with van der Waals surface area (Å²) in [4.78, 5) is 47.1. The zero-order valence-corrected chi connectivity index (χ0v) is 11.7. The maximum absolute atomic E-state index is 12.6. The Morgan fingerprint density at radius 3 is 3.00 bits per heavy atom. The molecule has 2 amide bonds. The van der Waals surface area contributed by atoms with Crippen LogP contribution in [-0.4, -0.2) is 38.1 Å². The minimum atomic E-state index is -1.13. The normalized spacial score (nSPS) is 23.0. The van der Waals surface area contributed by atoms with Crippen LogP contribution in [0, 0.1) is 0 Å². The molecule has 0 saturated carbocycles. The first-order chi connectivity index (χ1) is 10.5. The van der Waals surface area contributed by atoms with Crippen LogP contribution in [0.15, 0.2) is 46.5 Å². The van der Waals surface area contributed by atoms with Crippen molar-refractivity contribution in [1.82, 2.24) is 14.9 Å². The van der Waals surface area contributed by atoms with E-state index in [4.69, 9.17) is 0 Å². The molecule has 0 radical (unpaired) electrons. The van der Waals surface area contributed by atoms with Gasteiger partial charge in [-0.1, -0.05) is 6.08 Å². The van der Waals surface area contributed by atoms with Crippen molar-refractivity contribution in [1.29, 1.82) is 0 Å². The third-order valence-electron chi connectivity index (χ3n) is 3.52. The summed E-state index contributed by atoms with van der Waals surface area (Å²) in [6, 6.07) is 1.47. The van der Waals surface area contributed by atoms with Crippen molar-refractivity contribution in [3.8, 4) is 0 Å². The van der Waals surface area contributed by atoms with Gasteiger partial charge in [0.15, 0.2) is 0 Å². The number of fused-ring (bicyclic) bond motifs is 1. The van der Waals surface area contributed by atoms with E-state index in [9.17, 15) is 14.4 Å². The number of H-pyrrole nitrogens is 1. The molecule has 3 heterocycles. The molecule has 2 aliphatic rings. The van der Waals surface area contributed by atoms with Gasteiger partial charge in [-0.2, -0.15) is 4.99 Å². The molecule has 1 atom stereocenters. The van der Waals surface area contributed by atoms with Crippen molar-refractivity contribution >= 4 is 23.5 Å². The largest absolute Gasteiger partial charge is 0.346 e. The van der Waals surface area contributed by atoms with Crippen LogP contribution in [0.3, 0.4) is 0 Å². The molecular formula is C14H13N5O3. The predicted octanol–water partition coefficient (Wildman–Crippen LogP) is 0.181. The van der Waals surface area contributed by atoms with Crippen molar-refractivity contribution in [2.24, 2.45) is 4.99 Å². The first-order valence-electron chi connectivity index (χ1n) is 6.61. The predicted molar refractivity (Wildman–Crippen MR) is 79.1 cm³/mol. The number of carbonyl (C=O) groups is 2. The molecule has 8 nitrogen and oxygen atoms in total. The van der Waals surface area contributed by atoms with Gasteiger partial charge in [0, 0.05) is 12.4 Å². The molecule has 22 heavy (non-hydrogen) atoms. The minimum absolute atomic E-state index is 0.0597. The van der Waals surface area contributed by atoms with E-state index >= 15 is 0 Å². The molecule has 1 aromatic heterocycles. The van der Waals surface area contributed by atoms with Gasteiger partial charge in [0.05, 0.1) is 6.42 Å². The highest BCUT2D eigenvalue weighted by atomic mass is 16.2. The summed E-state index contributed by atoms with van der Waals surface area (Å²) in [6.45, 7) is 1.65. The number of carbonyl (C=O) groups excluding carboxylic acids is 2. The maximum Gasteiger partial charge on any atom is 0.346 e. The fourth-order valence-electron chi connectivity index (χ4n) is 2.38. The number of hydrogen-bond donors (Lipinski definition) is 2. The lowest BCUT2D eigenvalue weighted by Crippen LogP contribution is -2.58. The standard InChI is InChI=1S/C14H13N5O3/c1-14(12(21)16-9-5-6-15-13(22)17-9)8-11(20)18-10-4-2-3-7-19(10)14/h2-7H,8H2,1H3,(H2,15,16,17,21,22). The van der Waals surface area contributed by atoms with Crippen LogP contribution in [0.2, 0.25) is 0 Å². The molecule has 3 rings (SSSR count). The van der Waals surface area contributed by atoms with E-state index in [0.717, 1.165) is 0 Å². The molecule has 1 aromatic rings. The summed E-state index contributed by atoms with van der Waals surface area (Å²) in [5.74, 6) is -0.152. The Labute approximate surface area is 125 Å². The number of nitrogens with one attached hydrogen (secondary N) is 2. The van der Waals surface area contributed by atoms with Gasteiger partial charge in [-0.05, 0) is 25.1 Å². The lowest BCUT2D eigenvalue weighted by atomic mass is 9.91. The molecule has 0 aliphatic carbocycles. The third kappa shape index (κ3) is 2.34. The molecule has 2 N–H and O–H groups in total.